The minimum absolute atomic E-state index is 0.197. The van der Waals surface area contributed by atoms with Crippen LogP contribution < -0.4 is 11.1 Å². The molecule has 0 spiro atoms. The zero-order valence-electron chi connectivity index (χ0n) is 12.9. The standard InChI is InChI=1S/C17H12Cl3N3OS/c1-8-6-13(20)25-14(8)11-7-12(19)16(22-15(11)21)23-17(24)9-2-4-10(18)5-3-9/h2-7H,1H3,(H3,21,22,23,24). The second-order valence-corrected chi connectivity index (χ2v) is 7.80. The summed E-state index contributed by atoms with van der Waals surface area (Å²) in [6.45, 7) is 1.93. The molecular weight excluding hydrogens is 401 g/mol. The van der Waals surface area contributed by atoms with E-state index in [1.54, 1.807) is 30.3 Å². The van der Waals surface area contributed by atoms with Crippen molar-refractivity contribution in [1.29, 1.82) is 0 Å². The van der Waals surface area contributed by atoms with Crippen molar-refractivity contribution < 1.29 is 4.79 Å². The van der Waals surface area contributed by atoms with E-state index in [2.05, 4.69) is 10.3 Å². The molecule has 4 nitrogen and oxygen atoms in total. The zero-order chi connectivity index (χ0) is 18.1. The Labute approximate surface area is 163 Å². The summed E-state index contributed by atoms with van der Waals surface area (Å²) in [7, 11) is 0. The van der Waals surface area contributed by atoms with Crippen molar-refractivity contribution in [2.45, 2.75) is 6.92 Å². The Morgan fingerprint density at radius 3 is 2.44 bits per heavy atom. The average Bonchev–Trinajstić information content (AvgIpc) is 2.89. The van der Waals surface area contributed by atoms with Gasteiger partial charge in [0.2, 0.25) is 0 Å². The van der Waals surface area contributed by atoms with Crippen LogP contribution in [0.5, 0.6) is 0 Å². The zero-order valence-corrected chi connectivity index (χ0v) is 16.0. The Kier molecular flexibility index (Phi) is 5.20. The van der Waals surface area contributed by atoms with Crippen LogP contribution in [-0.4, -0.2) is 10.9 Å². The van der Waals surface area contributed by atoms with Gasteiger partial charge in [-0.25, -0.2) is 4.98 Å². The fraction of sp³-hybridized carbons (Fsp3) is 0.0588. The maximum Gasteiger partial charge on any atom is 0.256 e. The van der Waals surface area contributed by atoms with Crippen LogP contribution in [0.2, 0.25) is 14.4 Å². The lowest BCUT2D eigenvalue weighted by atomic mass is 10.1. The third-order valence-corrected chi connectivity index (χ3v) is 5.42. The molecule has 0 aliphatic carbocycles. The predicted octanol–water partition coefficient (Wildman–Crippen LogP) is 5.91. The number of hydrogen-bond donors (Lipinski definition) is 2. The first kappa shape index (κ1) is 18.0. The van der Waals surface area contributed by atoms with Crippen molar-refractivity contribution >= 4 is 63.7 Å². The molecular formula is C17H12Cl3N3OS. The molecule has 2 aromatic heterocycles. The number of benzene rings is 1. The smallest absolute Gasteiger partial charge is 0.256 e. The lowest BCUT2D eigenvalue weighted by molar-refractivity contribution is 0.102. The molecule has 0 saturated heterocycles. The molecule has 0 radical (unpaired) electrons. The molecule has 0 unspecified atom stereocenters. The Morgan fingerprint density at radius 2 is 1.84 bits per heavy atom. The number of anilines is 2. The van der Waals surface area contributed by atoms with Crippen LogP contribution in [-0.2, 0) is 0 Å². The fourth-order valence-corrected chi connectivity index (χ4v) is 3.91. The Balaban J connectivity index is 1.91. The number of nitrogens with two attached hydrogens (primary N) is 1. The summed E-state index contributed by atoms with van der Waals surface area (Å²) in [5, 5.41) is 3.49. The van der Waals surface area contributed by atoms with Gasteiger partial charge in [-0.3, -0.25) is 4.79 Å². The third kappa shape index (κ3) is 3.90. The number of amides is 1. The van der Waals surface area contributed by atoms with E-state index in [0.717, 1.165) is 10.4 Å². The molecule has 0 fully saturated rings. The van der Waals surface area contributed by atoms with Gasteiger partial charge < -0.3 is 11.1 Å². The van der Waals surface area contributed by atoms with Gasteiger partial charge in [-0.1, -0.05) is 34.8 Å². The summed E-state index contributed by atoms with van der Waals surface area (Å²) in [4.78, 5) is 17.4. The van der Waals surface area contributed by atoms with E-state index in [0.29, 0.717) is 20.5 Å². The highest BCUT2D eigenvalue weighted by atomic mass is 35.5. The van der Waals surface area contributed by atoms with Gasteiger partial charge in [-0.2, -0.15) is 0 Å². The molecule has 0 bridgehead atoms. The highest BCUT2D eigenvalue weighted by Crippen LogP contribution is 2.39. The summed E-state index contributed by atoms with van der Waals surface area (Å²) in [5.74, 6) is 0.106. The van der Waals surface area contributed by atoms with E-state index in [9.17, 15) is 4.79 Å². The number of thiophene rings is 1. The summed E-state index contributed by atoms with van der Waals surface area (Å²) in [5.41, 5.74) is 8.16. The quantitative estimate of drug-likeness (QED) is 0.561. The first-order valence-electron chi connectivity index (χ1n) is 7.14. The van der Waals surface area contributed by atoms with E-state index < -0.39 is 0 Å². The number of nitrogen functional groups attached to an aromatic ring is 1. The van der Waals surface area contributed by atoms with Gasteiger partial charge in [0.15, 0.2) is 5.82 Å². The van der Waals surface area contributed by atoms with E-state index >= 15 is 0 Å². The molecule has 25 heavy (non-hydrogen) atoms. The Hall–Kier alpha value is -1.79. The van der Waals surface area contributed by atoms with E-state index in [-0.39, 0.29) is 22.6 Å². The van der Waals surface area contributed by atoms with Gasteiger partial charge in [-0.05, 0) is 48.9 Å². The van der Waals surface area contributed by atoms with Gasteiger partial charge in [0.05, 0.1) is 9.36 Å². The minimum atomic E-state index is -0.353. The summed E-state index contributed by atoms with van der Waals surface area (Å²) < 4.78 is 0.656. The van der Waals surface area contributed by atoms with Crippen molar-refractivity contribution in [1.82, 2.24) is 4.98 Å². The number of aryl methyl sites for hydroxylation is 1. The molecule has 0 saturated carbocycles. The van der Waals surface area contributed by atoms with Crippen LogP contribution in [0.1, 0.15) is 15.9 Å². The molecule has 2 heterocycles. The molecule has 128 valence electrons. The summed E-state index contributed by atoms with van der Waals surface area (Å²) >= 11 is 19.5. The average molecular weight is 413 g/mol. The molecule has 0 atom stereocenters. The third-order valence-electron chi connectivity index (χ3n) is 3.48. The molecule has 0 aliphatic heterocycles. The first-order chi connectivity index (χ1) is 11.8. The molecule has 3 rings (SSSR count). The largest absolute Gasteiger partial charge is 0.383 e. The number of nitrogens with one attached hydrogen (secondary N) is 1. The number of rotatable bonds is 3. The van der Waals surface area contributed by atoms with Gasteiger partial charge >= 0.3 is 0 Å². The van der Waals surface area contributed by atoms with Crippen molar-refractivity contribution in [3.63, 3.8) is 0 Å². The summed E-state index contributed by atoms with van der Waals surface area (Å²) in [6, 6.07) is 10.0. The van der Waals surface area contributed by atoms with Gasteiger partial charge in [0, 0.05) is 21.0 Å². The SMILES string of the molecule is Cc1cc(Cl)sc1-c1cc(Cl)c(NC(=O)c2ccc(Cl)cc2)nc1N. The summed E-state index contributed by atoms with van der Waals surface area (Å²) in [6.07, 6.45) is 0. The topological polar surface area (TPSA) is 68.0 Å². The van der Waals surface area contributed by atoms with Crippen molar-refractivity contribution in [3.05, 3.63) is 61.9 Å². The van der Waals surface area contributed by atoms with Crippen molar-refractivity contribution in [2.24, 2.45) is 0 Å². The Morgan fingerprint density at radius 1 is 1.16 bits per heavy atom. The van der Waals surface area contributed by atoms with Crippen LogP contribution in [0.4, 0.5) is 11.6 Å². The van der Waals surface area contributed by atoms with E-state index in [1.165, 1.54) is 11.3 Å². The van der Waals surface area contributed by atoms with Gasteiger partial charge in [0.25, 0.3) is 5.91 Å². The van der Waals surface area contributed by atoms with Crippen LogP contribution in [0.15, 0.2) is 36.4 Å². The van der Waals surface area contributed by atoms with Crippen molar-refractivity contribution in [3.8, 4) is 10.4 Å². The maximum absolute atomic E-state index is 12.3. The van der Waals surface area contributed by atoms with E-state index in [4.69, 9.17) is 40.5 Å². The van der Waals surface area contributed by atoms with Crippen molar-refractivity contribution in [2.75, 3.05) is 11.1 Å². The monoisotopic (exact) mass is 411 g/mol. The number of halogens is 3. The number of hydrogen-bond acceptors (Lipinski definition) is 4. The Bertz CT molecular complexity index is 955. The lowest BCUT2D eigenvalue weighted by Crippen LogP contribution is -2.14. The number of aromatic nitrogens is 1. The van der Waals surface area contributed by atoms with E-state index in [1.807, 2.05) is 13.0 Å². The van der Waals surface area contributed by atoms with Gasteiger partial charge in [0.1, 0.15) is 5.82 Å². The van der Waals surface area contributed by atoms with Crippen LogP contribution in [0, 0.1) is 6.92 Å². The fourth-order valence-electron chi connectivity index (χ4n) is 2.26. The van der Waals surface area contributed by atoms with Crippen LogP contribution in [0.3, 0.4) is 0 Å². The number of carbonyl (C=O) groups excluding carboxylic acids is 1. The molecule has 1 aromatic carbocycles. The lowest BCUT2D eigenvalue weighted by Gasteiger charge is -2.11. The highest BCUT2D eigenvalue weighted by Gasteiger charge is 2.16. The van der Waals surface area contributed by atoms with Crippen LogP contribution >= 0.6 is 46.1 Å². The molecule has 3 aromatic rings. The predicted molar refractivity (Wildman–Crippen MR) is 106 cm³/mol. The van der Waals surface area contributed by atoms with Crippen LogP contribution in [0.25, 0.3) is 10.4 Å². The molecule has 3 N–H and O–H groups in total. The number of carbonyl (C=O) groups is 1. The normalized spacial score (nSPS) is 10.7. The minimum Gasteiger partial charge on any atom is -0.383 e. The maximum atomic E-state index is 12.3. The second-order valence-electron chi connectivity index (χ2n) is 5.28. The second kappa shape index (κ2) is 7.22. The highest BCUT2D eigenvalue weighted by molar-refractivity contribution is 7.19. The molecule has 0 aliphatic rings. The first-order valence-corrected chi connectivity index (χ1v) is 9.09. The van der Waals surface area contributed by atoms with Gasteiger partial charge in [-0.15, -0.1) is 11.3 Å². The number of nitrogens with zero attached hydrogens (tertiary/aromatic N) is 1. The number of pyridine rings is 1. The molecule has 8 heteroatoms. The molecule has 1 amide bonds.